The Hall–Kier alpha value is -1.93. The normalized spacial score (nSPS) is 9.73. The lowest BCUT2D eigenvalue weighted by Crippen LogP contribution is -2.33. The van der Waals surface area contributed by atoms with Crippen LogP contribution in [0, 0.1) is 0 Å². The molecule has 0 aliphatic carbocycles. The van der Waals surface area contributed by atoms with E-state index in [2.05, 4.69) is 112 Å². The molecule has 1 amide bonds. The molecule has 0 heterocycles. The van der Waals surface area contributed by atoms with Crippen molar-refractivity contribution in [2.24, 2.45) is 0 Å². The van der Waals surface area contributed by atoms with Gasteiger partial charge in [0.15, 0.2) is 0 Å². The molecule has 224 valence electrons. The average molecular weight is 817 g/mol. The van der Waals surface area contributed by atoms with E-state index in [-0.39, 0.29) is 29.7 Å². The van der Waals surface area contributed by atoms with Gasteiger partial charge in [0.2, 0.25) is 0 Å². The molecule has 0 saturated heterocycles. The van der Waals surface area contributed by atoms with Crippen molar-refractivity contribution in [3.05, 3.63) is 126 Å². The highest BCUT2D eigenvalue weighted by molar-refractivity contribution is 9.11. The number of hydrogen-bond donors (Lipinski definition) is 0. The summed E-state index contributed by atoms with van der Waals surface area (Å²) in [4.78, 5) is 14.2. The van der Waals surface area contributed by atoms with E-state index in [9.17, 15) is 4.79 Å². The number of rotatable bonds is 4. The highest BCUT2D eigenvalue weighted by Gasteiger charge is 2.24. The van der Waals surface area contributed by atoms with Gasteiger partial charge in [0.25, 0.3) is 0 Å². The molecule has 0 N–H and O–H groups in total. The highest BCUT2D eigenvalue weighted by Crippen LogP contribution is 2.30. The molecule has 0 aliphatic rings. The molecule has 0 unspecified atom stereocenters. The second-order valence-corrected chi connectivity index (χ2v) is 12.9. The van der Waals surface area contributed by atoms with Crippen LogP contribution < -0.4 is 4.90 Å². The van der Waals surface area contributed by atoms with E-state index in [0.717, 1.165) is 35.7 Å². The third-order valence-electron chi connectivity index (χ3n) is 4.98. The summed E-state index contributed by atoms with van der Waals surface area (Å²) in [6.45, 7) is 5.56. The Kier molecular flexibility index (Phi) is 19.4. The first kappa shape index (κ1) is 41.2. The van der Waals surface area contributed by atoms with Crippen molar-refractivity contribution in [3.63, 3.8) is 0 Å². The van der Waals surface area contributed by atoms with E-state index in [1.165, 1.54) is 11.1 Å². The van der Waals surface area contributed by atoms with E-state index >= 15 is 0 Å². The van der Waals surface area contributed by atoms with Gasteiger partial charge >= 0.3 is 6.09 Å². The van der Waals surface area contributed by atoms with Crippen molar-refractivity contribution in [2.45, 2.75) is 62.5 Å². The summed E-state index contributed by atoms with van der Waals surface area (Å²) >= 11 is 13.7. The zero-order chi connectivity index (χ0) is 27.0. The Morgan fingerprint density at radius 2 is 0.829 bits per heavy atom. The van der Waals surface area contributed by atoms with Gasteiger partial charge in [-0.25, -0.2) is 9.69 Å². The van der Waals surface area contributed by atoms with Crippen LogP contribution in [0.3, 0.4) is 0 Å². The zero-order valence-electron chi connectivity index (χ0n) is 20.7. The predicted octanol–water partition coefficient (Wildman–Crippen LogP) is 13.6. The van der Waals surface area contributed by atoms with Gasteiger partial charge in [0.1, 0.15) is 5.60 Å². The van der Waals surface area contributed by atoms with E-state index in [1.807, 2.05) is 69.3 Å². The Bertz CT molecular complexity index is 1190. The number of carbonyl (C=O) groups excluding carboxylic acids is 1. The SMILES string of the molecule is Brc1ccc(Cc2ccc(Br)cc2)cc1.C.C.C.C.CC(C)(C)OC(=O)N(c1ccc(Br)cc1)c1ccc(Br)cc1. The zero-order valence-corrected chi connectivity index (χ0v) is 27.1. The molecule has 0 aromatic heterocycles. The van der Waals surface area contributed by atoms with Crippen LogP contribution in [0.2, 0.25) is 0 Å². The molecular weight excluding hydrogens is 774 g/mol. The molecule has 4 aromatic rings. The van der Waals surface area contributed by atoms with Gasteiger partial charge in [-0.3, -0.25) is 0 Å². The van der Waals surface area contributed by atoms with E-state index in [4.69, 9.17) is 4.74 Å². The summed E-state index contributed by atoms with van der Waals surface area (Å²) in [7, 11) is 0. The third kappa shape index (κ3) is 14.2. The predicted molar refractivity (Wildman–Crippen MR) is 195 cm³/mol. The highest BCUT2D eigenvalue weighted by atomic mass is 79.9. The number of carbonyl (C=O) groups is 1. The fourth-order valence-electron chi connectivity index (χ4n) is 3.29. The molecule has 0 atom stereocenters. The molecule has 0 bridgehead atoms. The standard InChI is InChI=1S/C17H17Br2NO2.C13H10Br2.4CH4/c1-17(2,3)22-16(21)20(14-8-4-12(18)5-9-14)15-10-6-13(19)7-11-15;14-12-5-1-10(2-6-12)9-11-3-7-13(15)8-4-11;;;;/h4-11H,1-3H3;1-8H,9H2;4*1H4. The lowest BCUT2D eigenvalue weighted by atomic mass is 10.1. The maximum atomic E-state index is 12.6. The molecule has 0 spiro atoms. The third-order valence-corrected chi connectivity index (χ3v) is 7.10. The molecular formula is C34H43Br4NO2. The Morgan fingerprint density at radius 1 is 0.561 bits per heavy atom. The number of nitrogens with zero attached hydrogens (tertiary/aromatic N) is 1. The van der Waals surface area contributed by atoms with Crippen LogP contribution in [0.15, 0.2) is 115 Å². The van der Waals surface area contributed by atoms with Crippen LogP contribution in [0.5, 0.6) is 0 Å². The fourth-order valence-corrected chi connectivity index (χ4v) is 4.35. The molecule has 0 aliphatic heterocycles. The van der Waals surface area contributed by atoms with Crippen LogP contribution >= 0.6 is 63.7 Å². The van der Waals surface area contributed by atoms with Gasteiger partial charge in [-0.2, -0.15) is 0 Å². The van der Waals surface area contributed by atoms with E-state index in [1.54, 1.807) is 4.90 Å². The van der Waals surface area contributed by atoms with Gasteiger partial charge in [-0.05, 0) is 111 Å². The molecule has 7 heteroatoms. The van der Waals surface area contributed by atoms with E-state index < -0.39 is 11.7 Å². The Labute approximate surface area is 282 Å². The van der Waals surface area contributed by atoms with Crippen molar-refractivity contribution in [2.75, 3.05) is 4.90 Å². The first-order chi connectivity index (χ1) is 17.5. The first-order valence-electron chi connectivity index (χ1n) is 11.5. The quantitative estimate of drug-likeness (QED) is 0.205. The van der Waals surface area contributed by atoms with Crippen LogP contribution in [-0.4, -0.2) is 11.7 Å². The van der Waals surface area contributed by atoms with Crippen molar-refractivity contribution in [3.8, 4) is 0 Å². The monoisotopic (exact) mass is 813 g/mol. The maximum absolute atomic E-state index is 12.6. The molecule has 0 saturated carbocycles. The fraction of sp³-hybridized carbons (Fsp3) is 0.265. The number of hydrogen-bond acceptors (Lipinski definition) is 2. The smallest absolute Gasteiger partial charge is 0.419 e. The topological polar surface area (TPSA) is 29.5 Å². The molecule has 0 fully saturated rings. The number of halogens is 4. The minimum absolute atomic E-state index is 0. The van der Waals surface area contributed by atoms with Gasteiger partial charge < -0.3 is 4.74 Å². The van der Waals surface area contributed by atoms with Crippen molar-refractivity contribution in [1.29, 1.82) is 0 Å². The second kappa shape index (κ2) is 19.3. The number of ether oxygens (including phenoxy) is 1. The molecule has 41 heavy (non-hydrogen) atoms. The lowest BCUT2D eigenvalue weighted by Gasteiger charge is -2.27. The van der Waals surface area contributed by atoms with Crippen LogP contribution in [0.4, 0.5) is 16.2 Å². The van der Waals surface area contributed by atoms with Gasteiger partial charge in [-0.1, -0.05) is 118 Å². The summed E-state index contributed by atoms with van der Waals surface area (Å²) in [6, 6.07) is 32.0. The molecule has 4 rings (SSSR count). The molecule has 0 radical (unpaired) electrons. The number of amides is 1. The minimum atomic E-state index is -0.555. The van der Waals surface area contributed by atoms with Gasteiger partial charge in [0.05, 0.1) is 11.4 Å². The maximum Gasteiger partial charge on any atom is 0.419 e. The van der Waals surface area contributed by atoms with Crippen LogP contribution in [0.25, 0.3) is 0 Å². The number of benzene rings is 4. The molecule has 4 aromatic carbocycles. The van der Waals surface area contributed by atoms with Crippen LogP contribution in [-0.2, 0) is 11.2 Å². The largest absolute Gasteiger partial charge is 0.443 e. The van der Waals surface area contributed by atoms with Gasteiger partial charge in [-0.15, -0.1) is 0 Å². The molecule has 3 nitrogen and oxygen atoms in total. The first-order valence-corrected chi connectivity index (χ1v) is 14.7. The summed E-state index contributed by atoms with van der Waals surface area (Å²) in [5.41, 5.74) is 3.61. The van der Waals surface area contributed by atoms with Gasteiger partial charge in [0, 0.05) is 17.9 Å². The van der Waals surface area contributed by atoms with Crippen molar-refractivity contribution < 1.29 is 9.53 Å². The average Bonchev–Trinajstić information content (AvgIpc) is 2.84. The Balaban J connectivity index is 0. The number of anilines is 2. The summed E-state index contributed by atoms with van der Waals surface area (Å²) in [5, 5.41) is 0. The summed E-state index contributed by atoms with van der Waals surface area (Å²) in [6.07, 6.45) is 0.581. The van der Waals surface area contributed by atoms with Crippen molar-refractivity contribution >= 4 is 81.2 Å². The summed E-state index contributed by atoms with van der Waals surface area (Å²) < 4.78 is 9.70. The van der Waals surface area contributed by atoms with Crippen molar-refractivity contribution in [1.82, 2.24) is 0 Å². The van der Waals surface area contributed by atoms with E-state index in [0.29, 0.717) is 0 Å². The lowest BCUT2D eigenvalue weighted by molar-refractivity contribution is 0.0599. The summed E-state index contributed by atoms with van der Waals surface area (Å²) in [5.74, 6) is 0. The second-order valence-electron chi connectivity index (χ2n) is 9.20. The Morgan fingerprint density at radius 3 is 1.10 bits per heavy atom. The minimum Gasteiger partial charge on any atom is -0.443 e. The van der Waals surface area contributed by atoms with Crippen LogP contribution in [0.1, 0.15) is 61.6 Å².